The Balaban J connectivity index is 2.46. The molecule has 1 heterocycles. The zero-order chi connectivity index (χ0) is 13.3. The molecule has 1 aliphatic rings. The number of carbonyl (C=O) groups is 3. The van der Waals surface area contributed by atoms with E-state index in [0.717, 1.165) is 4.90 Å². The number of carboxylic acids is 1. The summed E-state index contributed by atoms with van der Waals surface area (Å²) in [5.41, 5.74) is 0.394. The van der Waals surface area contributed by atoms with Gasteiger partial charge in [0, 0.05) is 3.57 Å². The van der Waals surface area contributed by atoms with Gasteiger partial charge < -0.3 is 5.11 Å². The molecule has 1 saturated heterocycles. The zero-order valence-electron chi connectivity index (χ0n) is 9.05. The fraction of sp³-hybridized carbons (Fsp3) is 0.182. The normalized spacial score (nSPS) is 15.9. The molecule has 94 valence electrons. The van der Waals surface area contributed by atoms with Gasteiger partial charge in [0.05, 0.1) is 22.8 Å². The Morgan fingerprint density at radius 2 is 1.83 bits per heavy atom. The third-order valence-electron chi connectivity index (χ3n) is 2.34. The molecule has 0 bridgehead atoms. The first kappa shape index (κ1) is 13.3. The average molecular weight is 377 g/mol. The lowest BCUT2D eigenvalue weighted by molar-refractivity contribution is -0.124. The van der Waals surface area contributed by atoms with Gasteiger partial charge in [-0.2, -0.15) is 0 Å². The molecule has 2 amide bonds. The standard InChI is InChI=1S/C11H8INO4S/c12-7-1-6(11(16)17)2-8(3-7)13-9(14)4-18-5-10(13)15/h1-3H,4-5H2,(H,16,17). The average Bonchev–Trinajstić information content (AvgIpc) is 2.28. The lowest BCUT2D eigenvalue weighted by Crippen LogP contribution is -2.43. The van der Waals surface area contributed by atoms with Crippen LogP contribution in [0, 0.1) is 3.57 Å². The molecule has 1 aliphatic heterocycles. The number of halogens is 1. The molecule has 0 aromatic heterocycles. The van der Waals surface area contributed by atoms with Crippen molar-refractivity contribution in [1.82, 2.24) is 0 Å². The number of benzene rings is 1. The molecule has 1 N–H and O–H groups in total. The number of nitrogens with zero attached hydrogens (tertiary/aromatic N) is 1. The second-order valence-corrected chi connectivity index (χ2v) is 5.85. The maximum atomic E-state index is 11.7. The fourth-order valence-electron chi connectivity index (χ4n) is 1.61. The summed E-state index contributed by atoms with van der Waals surface area (Å²) in [6, 6.07) is 4.45. The third kappa shape index (κ3) is 2.66. The van der Waals surface area contributed by atoms with E-state index >= 15 is 0 Å². The number of rotatable bonds is 2. The topological polar surface area (TPSA) is 74.7 Å². The molecule has 7 heteroatoms. The van der Waals surface area contributed by atoms with E-state index in [2.05, 4.69) is 0 Å². The Morgan fingerprint density at radius 1 is 1.22 bits per heavy atom. The Hall–Kier alpha value is -1.09. The van der Waals surface area contributed by atoms with Crippen molar-refractivity contribution < 1.29 is 19.5 Å². The molecule has 1 aromatic rings. The van der Waals surface area contributed by atoms with E-state index < -0.39 is 5.97 Å². The van der Waals surface area contributed by atoms with Crippen LogP contribution in [0.5, 0.6) is 0 Å². The van der Waals surface area contributed by atoms with Crippen LogP contribution in [0.15, 0.2) is 18.2 Å². The highest BCUT2D eigenvalue weighted by molar-refractivity contribution is 14.1. The van der Waals surface area contributed by atoms with Gasteiger partial charge in [-0.25, -0.2) is 9.69 Å². The highest BCUT2D eigenvalue weighted by Gasteiger charge is 2.28. The molecule has 0 unspecified atom stereocenters. The van der Waals surface area contributed by atoms with Crippen LogP contribution in [0.3, 0.4) is 0 Å². The van der Waals surface area contributed by atoms with Crippen molar-refractivity contribution in [2.45, 2.75) is 0 Å². The summed E-state index contributed by atoms with van der Waals surface area (Å²) in [5, 5.41) is 8.97. The highest BCUT2D eigenvalue weighted by Crippen LogP contribution is 2.25. The Kier molecular flexibility index (Phi) is 3.91. The molecule has 1 aromatic carbocycles. The number of carbonyl (C=O) groups excluding carboxylic acids is 2. The van der Waals surface area contributed by atoms with Crippen molar-refractivity contribution in [1.29, 1.82) is 0 Å². The van der Waals surface area contributed by atoms with Gasteiger partial charge in [-0.3, -0.25) is 9.59 Å². The molecule has 5 nitrogen and oxygen atoms in total. The number of carboxylic acid groups (broad SMARTS) is 1. The second kappa shape index (κ2) is 5.27. The lowest BCUT2D eigenvalue weighted by Gasteiger charge is -2.24. The molecule has 0 aliphatic carbocycles. The fourth-order valence-corrected chi connectivity index (χ4v) is 2.97. The number of thioether (sulfide) groups is 1. The Morgan fingerprint density at radius 3 is 2.39 bits per heavy atom. The number of hydrogen-bond donors (Lipinski definition) is 1. The number of amides is 2. The van der Waals surface area contributed by atoms with Crippen molar-refractivity contribution in [2.75, 3.05) is 16.4 Å². The Labute approximate surface area is 121 Å². The molecule has 0 radical (unpaired) electrons. The highest BCUT2D eigenvalue weighted by atomic mass is 127. The van der Waals surface area contributed by atoms with E-state index in [4.69, 9.17) is 5.11 Å². The predicted octanol–water partition coefficient (Wildman–Crippen LogP) is 1.60. The lowest BCUT2D eigenvalue weighted by atomic mass is 10.2. The molecule has 0 saturated carbocycles. The van der Waals surface area contributed by atoms with Gasteiger partial charge in [-0.1, -0.05) is 0 Å². The van der Waals surface area contributed by atoms with Gasteiger partial charge in [-0.15, -0.1) is 11.8 Å². The van der Waals surface area contributed by atoms with E-state index in [9.17, 15) is 14.4 Å². The van der Waals surface area contributed by atoms with Gasteiger partial charge in [-0.05, 0) is 40.8 Å². The minimum atomic E-state index is -1.08. The molecule has 2 rings (SSSR count). The molecular formula is C11H8INO4S. The third-order valence-corrected chi connectivity index (χ3v) is 3.86. The molecule has 18 heavy (non-hydrogen) atoms. The van der Waals surface area contributed by atoms with Crippen molar-refractivity contribution in [3.63, 3.8) is 0 Å². The number of anilines is 1. The van der Waals surface area contributed by atoms with Crippen molar-refractivity contribution in [2.24, 2.45) is 0 Å². The number of aromatic carboxylic acids is 1. The largest absolute Gasteiger partial charge is 0.478 e. The van der Waals surface area contributed by atoms with Crippen LogP contribution < -0.4 is 4.90 Å². The zero-order valence-corrected chi connectivity index (χ0v) is 12.0. The predicted molar refractivity (Wildman–Crippen MR) is 75.9 cm³/mol. The van der Waals surface area contributed by atoms with Gasteiger partial charge in [0.25, 0.3) is 0 Å². The van der Waals surface area contributed by atoms with Crippen LogP contribution in [0.2, 0.25) is 0 Å². The van der Waals surface area contributed by atoms with E-state index in [1.54, 1.807) is 6.07 Å². The van der Waals surface area contributed by atoms with Crippen molar-refractivity contribution >= 4 is 57.8 Å². The summed E-state index contributed by atoms with van der Waals surface area (Å²) in [5.74, 6) is -1.23. The monoisotopic (exact) mass is 377 g/mol. The van der Waals surface area contributed by atoms with E-state index in [-0.39, 0.29) is 28.9 Å². The summed E-state index contributed by atoms with van der Waals surface area (Å²) in [6.07, 6.45) is 0. The van der Waals surface area contributed by atoms with Gasteiger partial charge in [0.15, 0.2) is 0 Å². The summed E-state index contributed by atoms with van der Waals surface area (Å²) in [7, 11) is 0. The molecule has 0 spiro atoms. The van der Waals surface area contributed by atoms with Crippen LogP contribution in [-0.2, 0) is 9.59 Å². The molecular weight excluding hydrogens is 369 g/mol. The minimum Gasteiger partial charge on any atom is -0.478 e. The van der Waals surface area contributed by atoms with Gasteiger partial charge in [0.2, 0.25) is 11.8 Å². The number of imide groups is 1. The van der Waals surface area contributed by atoms with E-state index in [0.29, 0.717) is 9.26 Å². The number of hydrogen-bond acceptors (Lipinski definition) is 4. The maximum Gasteiger partial charge on any atom is 0.335 e. The summed E-state index contributed by atoms with van der Waals surface area (Å²) >= 11 is 3.22. The van der Waals surface area contributed by atoms with Crippen LogP contribution in [0.4, 0.5) is 5.69 Å². The Bertz CT molecular complexity index is 530. The van der Waals surface area contributed by atoms with Crippen molar-refractivity contribution in [3.8, 4) is 0 Å². The first-order chi connectivity index (χ1) is 8.49. The van der Waals surface area contributed by atoms with E-state index in [1.807, 2.05) is 22.6 Å². The summed E-state index contributed by atoms with van der Waals surface area (Å²) in [6.45, 7) is 0. The first-order valence-corrected chi connectivity index (χ1v) is 7.20. The first-order valence-electron chi connectivity index (χ1n) is 4.96. The van der Waals surface area contributed by atoms with E-state index in [1.165, 1.54) is 23.9 Å². The SMILES string of the molecule is O=C(O)c1cc(I)cc(N2C(=O)CSCC2=O)c1. The molecule has 1 fully saturated rings. The summed E-state index contributed by atoms with van der Waals surface area (Å²) in [4.78, 5) is 35.5. The quantitative estimate of drug-likeness (QED) is 0.626. The van der Waals surface area contributed by atoms with Crippen LogP contribution in [0.25, 0.3) is 0 Å². The minimum absolute atomic E-state index is 0.0655. The van der Waals surface area contributed by atoms with Crippen LogP contribution >= 0.6 is 34.4 Å². The van der Waals surface area contributed by atoms with Crippen molar-refractivity contribution in [3.05, 3.63) is 27.3 Å². The molecule has 0 atom stereocenters. The second-order valence-electron chi connectivity index (χ2n) is 3.62. The van der Waals surface area contributed by atoms with Gasteiger partial charge >= 0.3 is 5.97 Å². The van der Waals surface area contributed by atoms with Crippen LogP contribution in [0.1, 0.15) is 10.4 Å². The maximum absolute atomic E-state index is 11.7. The van der Waals surface area contributed by atoms with Gasteiger partial charge in [0.1, 0.15) is 0 Å². The van der Waals surface area contributed by atoms with Crippen LogP contribution in [-0.4, -0.2) is 34.4 Å². The smallest absolute Gasteiger partial charge is 0.335 e. The summed E-state index contributed by atoms with van der Waals surface area (Å²) < 4.78 is 0.668.